The minimum Gasteiger partial charge on any atom is -0.480 e. The predicted octanol–water partition coefficient (Wildman–Crippen LogP) is 1.98. The lowest BCUT2D eigenvalue weighted by Gasteiger charge is -1.93. The molecule has 0 atom stereocenters. The molecule has 0 aliphatic rings. The van der Waals surface area contributed by atoms with E-state index in [1.54, 1.807) is 18.2 Å². The van der Waals surface area contributed by atoms with E-state index in [4.69, 9.17) is 21.1 Å². The molecule has 0 saturated carbocycles. The Kier molecular flexibility index (Phi) is 2.47. The van der Waals surface area contributed by atoms with Crippen molar-refractivity contribution >= 4 is 34.7 Å². The van der Waals surface area contributed by atoms with E-state index in [-0.39, 0.29) is 12.6 Å². The van der Waals surface area contributed by atoms with Crippen molar-refractivity contribution in [2.75, 3.05) is 11.9 Å². The number of anilines is 1. The molecule has 0 aliphatic carbocycles. The zero-order valence-electron chi connectivity index (χ0n) is 7.53. The molecule has 0 saturated heterocycles. The molecule has 0 fully saturated rings. The maximum absolute atomic E-state index is 10.3. The van der Waals surface area contributed by atoms with Crippen molar-refractivity contribution < 1.29 is 14.3 Å². The standard InChI is InChI=1S/C9H7ClN2O3/c10-5-1-2-7-6(3-5)12-9(15-7)11-4-8(13)14/h1-3H,4H2,(H,11,12)(H,13,14). The second kappa shape index (κ2) is 3.78. The maximum Gasteiger partial charge on any atom is 0.323 e. The quantitative estimate of drug-likeness (QED) is 0.837. The Labute approximate surface area is 89.7 Å². The fourth-order valence-corrected chi connectivity index (χ4v) is 1.29. The van der Waals surface area contributed by atoms with Gasteiger partial charge in [-0.25, -0.2) is 0 Å². The van der Waals surface area contributed by atoms with Gasteiger partial charge in [0.2, 0.25) is 0 Å². The van der Waals surface area contributed by atoms with Crippen LogP contribution in [0.3, 0.4) is 0 Å². The van der Waals surface area contributed by atoms with Crippen LogP contribution in [-0.2, 0) is 4.79 Å². The van der Waals surface area contributed by atoms with Crippen molar-refractivity contribution in [3.8, 4) is 0 Å². The molecule has 0 bridgehead atoms. The highest BCUT2D eigenvalue weighted by Crippen LogP contribution is 2.21. The van der Waals surface area contributed by atoms with Gasteiger partial charge in [-0.3, -0.25) is 4.79 Å². The van der Waals surface area contributed by atoms with Gasteiger partial charge >= 0.3 is 5.97 Å². The summed E-state index contributed by atoms with van der Waals surface area (Å²) in [6.45, 7) is -0.236. The maximum atomic E-state index is 10.3. The average Bonchev–Trinajstić information content (AvgIpc) is 2.56. The number of nitrogens with zero attached hydrogens (tertiary/aromatic N) is 1. The van der Waals surface area contributed by atoms with Crippen LogP contribution in [0.15, 0.2) is 22.6 Å². The molecule has 0 radical (unpaired) electrons. The van der Waals surface area contributed by atoms with Gasteiger partial charge in [0.25, 0.3) is 6.01 Å². The fourth-order valence-electron chi connectivity index (χ4n) is 1.13. The third-order valence-electron chi connectivity index (χ3n) is 1.74. The molecule has 78 valence electrons. The number of carboxylic acids is 1. The molecule has 2 aromatic rings. The number of hydrogen-bond donors (Lipinski definition) is 2. The van der Waals surface area contributed by atoms with Crippen LogP contribution in [0.4, 0.5) is 6.01 Å². The van der Waals surface area contributed by atoms with E-state index in [0.717, 1.165) is 0 Å². The summed E-state index contributed by atoms with van der Waals surface area (Å²) in [7, 11) is 0. The summed E-state index contributed by atoms with van der Waals surface area (Å²) in [4.78, 5) is 14.3. The monoisotopic (exact) mass is 226 g/mol. The van der Waals surface area contributed by atoms with Gasteiger partial charge in [0.1, 0.15) is 12.1 Å². The number of rotatable bonds is 3. The lowest BCUT2D eigenvalue weighted by atomic mass is 10.3. The Hall–Kier alpha value is -1.75. The fraction of sp³-hybridized carbons (Fsp3) is 0.111. The first kappa shape index (κ1) is 9.79. The van der Waals surface area contributed by atoms with Crippen LogP contribution in [-0.4, -0.2) is 22.6 Å². The molecule has 2 rings (SSSR count). The van der Waals surface area contributed by atoms with Crippen molar-refractivity contribution in [2.45, 2.75) is 0 Å². The minimum absolute atomic E-state index is 0.176. The van der Waals surface area contributed by atoms with Crippen LogP contribution in [0.5, 0.6) is 0 Å². The second-order valence-corrected chi connectivity index (χ2v) is 3.31. The van der Waals surface area contributed by atoms with Gasteiger partial charge in [0.05, 0.1) is 0 Å². The van der Waals surface area contributed by atoms with Gasteiger partial charge in [-0.05, 0) is 18.2 Å². The number of aliphatic carboxylic acids is 1. The highest BCUT2D eigenvalue weighted by molar-refractivity contribution is 6.31. The smallest absolute Gasteiger partial charge is 0.323 e. The van der Waals surface area contributed by atoms with Crippen LogP contribution in [0.1, 0.15) is 0 Å². The van der Waals surface area contributed by atoms with Crippen LogP contribution >= 0.6 is 11.6 Å². The first-order valence-corrected chi connectivity index (χ1v) is 4.55. The second-order valence-electron chi connectivity index (χ2n) is 2.88. The van der Waals surface area contributed by atoms with Gasteiger partial charge in [-0.15, -0.1) is 0 Å². The average molecular weight is 227 g/mol. The lowest BCUT2D eigenvalue weighted by Crippen LogP contribution is -2.12. The minimum atomic E-state index is -0.977. The van der Waals surface area contributed by atoms with Crippen LogP contribution in [0.2, 0.25) is 5.02 Å². The summed E-state index contributed by atoms with van der Waals surface area (Å²) in [5, 5.41) is 11.5. The van der Waals surface area contributed by atoms with Crippen LogP contribution < -0.4 is 5.32 Å². The first-order chi connectivity index (χ1) is 7.15. The summed E-state index contributed by atoms with van der Waals surface area (Å²) in [6, 6.07) is 5.17. The number of hydrogen-bond acceptors (Lipinski definition) is 4. The number of fused-ring (bicyclic) bond motifs is 1. The van der Waals surface area contributed by atoms with E-state index in [0.29, 0.717) is 16.1 Å². The number of nitrogens with one attached hydrogen (secondary N) is 1. The highest BCUT2D eigenvalue weighted by Gasteiger charge is 2.06. The number of aromatic nitrogens is 1. The first-order valence-electron chi connectivity index (χ1n) is 4.17. The molecule has 1 heterocycles. The molecule has 1 aromatic heterocycles. The van der Waals surface area contributed by atoms with Gasteiger partial charge in [-0.1, -0.05) is 11.6 Å². The molecule has 0 spiro atoms. The Morgan fingerprint density at radius 3 is 3.13 bits per heavy atom. The lowest BCUT2D eigenvalue weighted by molar-refractivity contribution is -0.134. The number of oxazole rings is 1. The molecule has 15 heavy (non-hydrogen) atoms. The molecular formula is C9H7ClN2O3. The normalized spacial score (nSPS) is 10.5. The van der Waals surface area contributed by atoms with Crippen molar-refractivity contribution in [3.05, 3.63) is 23.2 Å². The van der Waals surface area contributed by atoms with Gasteiger partial charge in [0, 0.05) is 5.02 Å². The summed E-state index contributed by atoms with van der Waals surface area (Å²) >= 11 is 5.76. The van der Waals surface area contributed by atoms with Crippen molar-refractivity contribution in [3.63, 3.8) is 0 Å². The van der Waals surface area contributed by atoms with E-state index < -0.39 is 5.97 Å². The van der Waals surface area contributed by atoms with E-state index in [2.05, 4.69) is 10.3 Å². The number of halogens is 1. The molecule has 0 aliphatic heterocycles. The summed E-state index contributed by atoms with van der Waals surface area (Å²) < 4.78 is 5.23. The third kappa shape index (κ3) is 2.19. The third-order valence-corrected chi connectivity index (χ3v) is 1.98. The molecule has 0 amide bonds. The van der Waals surface area contributed by atoms with Gasteiger partial charge in [0.15, 0.2) is 5.58 Å². The molecule has 5 nitrogen and oxygen atoms in total. The van der Waals surface area contributed by atoms with Crippen molar-refractivity contribution in [1.29, 1.82) is 0 Å². The zero-order chi connectivity index (χ0) is 10.8. The Morgan fingerprint density at radius 1 is 1.60 bits per heavy atom. The Balaban J connectivity index is 2.27. The molecule has 0 unspecified atom stereocenters. The largest absolute Gasteiger partial charge is 0.480 e. The SMILES string of the molecule is O=C(O)CNc1nc2cc(Cl)ccc2o1. The number of benzene rings is 1. The molecular weight excluding hydrogens is 220 g/mol. The van der Waals surface area contributed by atoms with Crippen molar-refractivity contribution in [1.82, 2.24) is 4.98 Å². The van der Waals surface area contributed by atoms with E-state index in [9.17, 15) is 4.79 Å². The van der Waals surface area contributed by atoms with Crippen LogP contribution in [0, 0.1) is 0 Å². The Morgan fingerprint density at radius 2 is 2.40 bits per heavy atom. The van der Waals surface area contributed by atoms with E-state index in [1.165, 1.54) is 0 Å². The number of carbonyl (C=O) groups is 1. The van der Waals surface area contributed by atoms with Crippen molar-refractivity contribution in [2.24, 2.45) is 0 Å². The summed E-state index contributed by atoms with van der Waals surface area (Å²) in [6.07, 6.45) is 0. The van der Waals surface area contributed by atoms with Gasteiger partial charge in [-0.2, -0.15) is 4.98 Å². The molecule has 1 aromatic carbocycles. The van der Waals surface area contributed by atoms with E-state index in [1.807, 2.05) is 0 Å². The summed E-state index contributed by atoms with van der Waals surface area (Å²) in [5.74, 6) is -0.977. The number of carboxylic acid groups (broad SMARTS) is 1. The zero-order valence-corrected chi connectivity index (χ0v) is 8.28. The Bertz CT molecular complexity index is 509. The van der Waals surface area contributed by atoms with Crippen LogP contribution in [0.25, 0.3) is 11.1 Å². The predicted molar refractivity (Wildman–Crippen MR) is 55.1 cm³/mol. The van der Waals surface area contributed by atoms with E-state index >= 15 is 0 Å². The molecule has 2 N–H and O–H groups in total. The topological polar surface area (TPSA) is 75.4 Å². The molecule has 6 heteroatoms. The van der Waals surface area contributed by atoms with Gasteiger partial charge < -0.3 is 14.8 Å². The highest BCUT2D eigenvalue weighted by atomic mass is 35.5. The summed E-state index contributed by atoms with van der Waals surface area (Å²) in [5.41, 5.74) is 1.16.